The highest BCUT2D eigenvalue weighted by atomic mass is 16.6. The van der Waals surface area contributed by atoms with E-state index in [1.807, 2.05) is 6.92 Å². The Kier molecular flexibility index (Phi) is 1.85. The second-order valence-electron chi connectivity index (χ2n) is 4.35. The van der Waals surface area contributed by atoms with Gasteiger partial charge in [-0.2, -0.15) is 0 Å². The van der Waals surface area contributed by atoms with Gasteiger partial charge in [0.25, 0.3) is 0 Å². The van der Waals surface area contributed by atoms with Crippen LogP contribution in [0.15, 0.2) is 0 Å². The Labute approximate surface area is 73.3 Å². The van der Waals surface area contributed by atoms with Crippen LogP contribution < -0.4 is 0 Å². The van der Waals surface area contributed by atoms with Gasteiger partial charge in [-0.15, -0.1) is 0 Å². The van der Waals surface area contributed by atoms with Gasteiger partial charge in [-0.05, 0) is 18.8 Å². The lowest BCUT2D eigenvalue weighted by atomic mass is 9.77. The summed E-state index contributed by atoms with van der Waals surface area (Å²) >= 11 is 0. The fourth-order valence-electron chi connectivity index (χ4n) is 2.49. The Morgan fingerprint density at radius 3 is 2.83 bits per heavy atom. The molecular formula is C10H16O2. The van der Waals surface area contributed by atoms with Crippen LogP contribution >= 0.6 is 0 Å². The number of rotatable bonds is 0. The first kappa shape index (κ1) is 8.09. The third kappa shape index (κ3) is 1.13. The summed E-state index contributed by atoms with van der Waals surface area (Å²) in [4.78, 5) is 11.2. The van der Waals surface area contributed by atoms with Gasteiger partial charge in [-0.25, -0.2) is 0 Å². The zero-order valence-corrected chi connectivity index (χ0v) is 7.75. The maximum atomic E-state index is 11.2. The van der Waals surface area contributed by atoms with Crippen molar-refractivity contribution in [3.05, 3.63) is 0 Å². The average Bonchev–Trinajstić information content (AvgIpc) is 2.28. The van der Waals surface area contributed by atoms with Crippen molar-refractivity contribution in [1.29, 1.82) is 0 Å². The number of hydrogen-bond acceptors (Lipinski definition) is 2. The molecule has 1 heterocycles. The van der Waals surface area contributed by atoms with E-state index in [1.165, 1.54) is 12.8 Å². The fraction of sp³-hybridized carbons (Fsp3) is 0.900. The summed E-state index contributed by atoms with van der Waals surface area (Å²) in [7, 11) is 0. The fourth-order valence-corrected chi connectivity index (χ4v) is 2.49. The van der Waals surface area contributed by atoms with Gasteiger partial charge in [0.05, 0.1) is 5.92 Å². The van der Waals surface area contributed by atoms with Crippen molar-refractivity contribution in [2.24, 2.45) is 17.8 Å². The maximum Gasteiger partial charge on any atom is 0.309 e. The van der Waals surface area contributed by atoms with Gasteiger partial charge in [0.2, 0.25) is 0 Å². The normalized spacial score (nSPS) is 47.0. The van der Waals surface area contributed by atoms with Crippen molar-refractivity contribution in [1.82, 2.24) is 0 Å². The molecule has 12 heavy (non-hydrogen) atoms. The first-order valence-corrected chi connectivity index (χ1v) is 4.89. The third-order valence-corrected chi connectivity index (χ3v) is 3.39. The molecule has 1 saturated heterocycles. The molecule has 2 nitrogen and oxygen atoms in total. The van der Waals surface area contributed by atoms with Crippen molar-refractivity contribution in [3.63, 3.8) is 0 Å². The molecular weight excluding hydrogens is 152 g/mol. The van der Waals surface area contributed by atoms with Gasteiger partial charge in [0.15, 0.2) is 0 Å². The summed E-state index contributed by atoms with van der Waals surface area (Å²) in [5, 5.41) is 0. The Balaban J connectivity index is 2.09. The molecule has 4 atom stereocenters. The molecule has 2 unspecified atom stereocenters. The Hall–Kier alpha value is -0.530. The Morgan fingerprint density at radius 1 is 1.33 bits per heavy atom. The minimum absolute atomic E-state index is 0.0269. The van der Waals surface area contributed by atoms with E-state index in [4.69, 9.17) is 4.74 Å². The van der Waals surface area contributed by atoms with Gasteiger partial charge in [0, 0.05) is 5.92 Å². The first-order chi connectivity index (χ1) is 5.68. The number of esters is 1. The molecule has 0 amide bonds. The molecule has 2 rings (SSSR count). The maximum absolute atomic E-state index is 11.2. The standard InChI is InChI=1S/C10H16O2/c1-6-3-4-8-7(2)10(11)12-9(8)5-6/h6-9H,3-5H2,1-2H3/t6-,7?,8?,9-/m1/s1. The van der Waals surface area contributed by atoms with Crippen molar-refractivity contribution in [3.8, 4) is 0 Å². The van der Waals surface area contributed by atoms with Gasteiger partial charge in [0.1, 0.15) is 6.10 Å². The number of carbonyl (C=O) groups is 1. The van der Waals surface area contributed by atoms with E-state index in [0.29, 0.717) is 5.92 Å². The summed E-state index contributed by atoms with van der Waals surface area (Å²) in [5.74, 6) is 1.44. The number of carbonyl (C=O) groups excluding carboxylic acids is 1. The Morgan fingerprint density at radius 2 is 2.08 bits per heavy atom. The van der Waals surface area contributed by atoms with Crippen LogP contribution in [0.4, 0.5) is 0 Å². The van der Waals surface area contributed by atoms with E-state index in [2.05, 4.69) is 6.92 Å². The molecule has 1 aliphatic carbocycles. The van der Waals surface area contributed by atoms with Crippen LogP contribution in [0.5, 0.6) is 0 Å². The van der Waals surface area contributed by atoms with Gasteiger partial charge in [-0.1, -0.05) is 20.3 Å². The van der Waals surface area contributed by atoms with Gasteiger partial charge >= 0.3 is 5.97 Å². The highest BCUT2D eigenvalue weighted by molar-refractivity contribution is 5.74. The quantitative estimate of drug-likeness (QED) is 0.517. The topological polar surface area (TPSA) is 26.3 Å². The SMILES string of the molecule is CC1C(=O)O[C@@H]2C[C@H](C)CCC12. The summed E-state index contributed by atoms with van der Waals surface area (Å²) in [6.07, 6.45) is 3.78. The number of fused-ring (bicyclic) bond motifs is 1. The highest BCUT2D eigenvalue weighted by Gasteiger charge is 2.43. The zero-order chi connectivity index (χ0) is 8.72. The van der Waals surface area contributed by atoms with E-state index in [0.717, 1.165) is 12.3 Å². The third-order valence-electron chi connectivity index (χ3n) is 3.39. The summed E-state index contributed by atoms with van der Waals surface area (Å²) in [6, 6.07) is 0. The van der Waals surface area contributed by atoms with Crippen LogP contribution in [0.3, 0.4) is 0 Å². The van der Waals surface area contributed by atoms with Gasteiger partial charge < -0.3 is 4.74 Å². The Bertz CT molecular complexity index is 200. The molecule has 0 radical (unpaired) electrons. The smallest absolute Gasteiger partial charge is 0.309 e. The molecule has 68 valence electrons. The van der Waals surface area contributed by atoms with Crippen LogP contribution in [-0.4, -0.2) is 12.1 Å². The van der Waals surface area contributed by atoms with E-state index < -0.39 is 0 Å². The summed E-state index contributed by atoms with van der Waals surface area (Å²) in [5.41, 5.74) is 0. The largest absolute Gasteiger partial charge is 0.462 e. The van der Waals surface area contributed by atoms with Crippen LogP contribution in [0.1, 0.15) is 33.1 Å². The molecule has 0 bridgehead atoms. The highest BCUT2D eigenvalue weighted by Crippen LogP contribution is 2.40. The molecule has 1 aliphatic heterocycles. The lowest BCUT2D eigenvalue weighted by molar-refractivity contribution is -0.144. The molecule has 2 heteroatoms. The van der Waals surface area contributed by atoms with Crippen molar-refractivity contribution < 1.29 is 9.53 Å². The predicted molar refractivity (Wildman–Crippen MR) is 45.5 cm³/mol. The first-order valence-electron chi connectivity index (χ1n) is 4.89. The van der Waals surface area contributed by atoms with E-state index >= 15 is 0 Å². The zero-order valence-electron chi connectivity index (χ0n) is 7.75. The molecule has 0 spiro atoms. The van der Waals surface area contributed by atoms with Crippen LogP contribution in [0.2, 0.25) is 0 Å². The minimum atomic E-state index is 0.0269. The summed E-state index contributed by atoms with van der Waals surface area (Å²) < 4.78 is 5.31. The molecule has 0 aromatic rings. The monoisotopic (exact) mass is 168 g/mol. The second kappa shape index (κ2) is 2.75. The molecule has 2 fully saturated rings. The number of hydrogen-bond donors (Lipinski definition) is 0. The van der Waals surface area contributed by atoms with E-state index in [-0.39, 0.29) is 18.0 Å². The molecule has 0 aromatic heterocycles. The minimum Gasteiger partial charge on any atom is -0.462 e. The van der Waals surface area contributed by atoms with Crippen LogP contribution in [0, 0.1) is 17.8 Å². The van der Waals surface area contributed by atoms with Crippen molar-refractivity contribution >= 4 is 5.97 Å². The van der Waals surface area contributed by atoms with E-state index in [9.17, 15) is 4.79 Å². The van der Waals surface area contributed by atoms with E-state index in [1.54, 1.807) is 0 Å². The van der Waals surface area contributed by atoms with Gasteiger partial charge in [-0.3, -0.25) is 4.79 Å². The summed E-state index contributed by atoms with van der Waals surface area (Å²) in [6.45, 7) is 4.25. The number of ether oxygens (including phenoxy) is 1. The van der Waals surface area contributed by atoms with Crippen LogP contribution in [-0.2, 0) is 9.53 Å². The molecule has 1 saturated carbocycles. The second-order valence-corrected chi connectivity index (χ2v) is 4.35. The van der Waals surface area contributed by atoms with Crippen LogP contribution in [0.25, 0.3) is 0 Å². The molecule has 0 aromatic carbocycles. The molecule has 2 aliphatic rings. The molecule has 0 N–H and O–H groups in total. The van der Waals surface area contributed by atoms with Crippen molar-refractivity contribution in [2.75, 3.05) is 0 Å². The lowest BCUT2D eigenvalue weighted by Gasteiger charge is -2.28. The lowest BCUT2D eigenvalue weighted by Crippen LogP contribution is -2.27. The van der Waals surface area contributed by atoms with Crippen molar-refractivity contribution in [2.45, 2.75) is 39.2 Å². The predicted octanol–water partition coefficient (Wildman–Crippen LogP) is 1.98. The average molecular weight is 168 g/mol.